The van der Waals surface area contributed by atoms with Crippen LogP contribution in [0.5, 0.6) is 0 Å². The lowest BCUT2D eigenvalue weighted by atomic mass is 10.1. The summed E-state index contributed by atoms with van der Waals surface area (Å²) in [4.78, 5) is 67.1. The largest absolute Gasteiger partial charge is 0.444 e. The van der Waals surface area contributed by atoms with E-state index in [1.54, 1.807) is 66.9 Å². The Morgan fingerprint density at radius 1 is 0.465 bits per heavy atom. The highest BCUT2D eigenvalue weighted by Gasteiger charge is 2.10. The third-order valence-corrected chi connectivity index (χ3v) is 12.8. The topological polar surface area (TPSA) is 225 Å². The van der Waals surface area contributed by atoms with Gasteiger partial charge < -0.3 is 51.5 Å². The minimum absolute atomic E-state index is 0.0531. The zero-order valence-corrected chi connectivity index (χ0v) is 46.6. The number of aromatic nitrogens is 3. The molecule has 0 saturated heterocycles. The van der Waals surface area contributed by atoms with Crippen molar-refractivity contribution in [2.45, 2.75) is 20.3 Å². The van der Waals surface area contributed by atoms with E-state index in [1.165, 1.54) is 103 Å². The summed E-state index contributed by atoms with van der Waals surface area (Å²) in [6, 6.07) is 51.3. The van der Waals surface area contributed by atoms with E-state index in [1.807, 2.05) is 84.5 Å². The monoisotopic (exact) mass is 1180 g/mol. The lowest BCUT2D eigenvalue weighted by Crippen LogP contribution is -2.19. The maximum Gasteiger partial charge on any atom is 0.323 e. The second kappa shape index (κ2) is 30.1. The molecule has 8 aromatic carbocycles. The van der Waals surface area contributed by atoms with Gasteiger partial charge in [0.15, 0.2) is 17.9 Å². The average Bonchev–Trinajstić information content (AvgIpc) is 3.94. The van der Waals surface area contributed by atoms with Gasteiger partial charge in [0.1, 0.15) is 23.3 Å². The molecule has 11 aromatic rings. The fourth-order valence-corrected chi connectivity index (χ4v) is 8.51. The van der Waals surface area contributed by atoms with Crippen LogP contribution in [0.15, 0.2) is 230 Å². The molecule has 8 N–H and O–H groups in total. The predicted octanol–water partition coefficient (Wildman–Crippen LogP) is 16.8. The standard InChI is InChI=1S/C17H14FN3O.C16H12FN3O2.C16H15FN2O2.C15H12FN3OS/c18-13-3-5-14(6-4-13)19-17(22)20-15-7-9-16(10-8-15)21-11-1-2-12-21;17-12-4-6-13(7-5-12)19-16(21)20-14-3-1-2-11(8-14)15-9-18-10-22-15;1-2-15(20)11-3-7-13(8-4-11)18-16(21)19-14-9-5-12(17)6-10-14;1-9-17-13-8-12(6-7-14(13)21-9)19-15(20)18-11-4-2-10(16)3-5-11/h1-12H,(H2,19,20,22);1-10H,(H2,19,20,21);3-10H,2H2,1H3,(H2,18,19,21);2-8H,1H3,(H2,18,19,20). The first kappa shape index (κ1) is 60.7. The molecule has 0 aliphatic rings. The smallest absolute Gasteiger partial charge is 0.323 e. The minimum atomic E-state index is -0.434. The normalized spacial score (nSPS) is 10.3. The number of ketones is 1. The predicted molar refractivity (Wildman–Crippen MR) is 329 cm³/mol. The molecule has 8 amide bonds. The molecule has 0 saturated carbocycles. The molecule has 22 heteroatoms. The lowest BCUT2D eigenvalue weighted by Gasteiger charge is -2.09. The fraction of sp³-hybridized carbons (Fsp3) is 0.0469. The van der Waals surface area contributed by atoms with Gasteiger partial charge in [-0.1, -0.05) is 19.1 Å². The van der Waals surface area contributed by atoms with Gasteiger partial charge in [-0.05, 0) is 195 Å². The number of hydrogen-bond acceptors (Lipinski definition) is 9. The number of oxazole rings is 1. The van der Waals surface area contributed by atoms with Crippen molar-refractivity contribution in [3.05, 3.63) is 259 Å². The molecular formula is C64H53F4N11O6S. The third kappa shape index (κ3) is 19.1. The number of rotatable bonds is 12. The zero-order valence-electron chi connectivity index (χ0n) is 45.8. The van der Waals surface area contributed by atoms with Crippen LogP contribution in [0.4, 0.5) is 82.2 Å². The SMILES string of the molecule is CCC(=O)c1ccc(NC(=O)Nc2ccc(F)cc2)cc1.Cc1nc2cc(NC(=O)Nc3ccc(F)cc3)ccc2s1.O=C(Nc1ccc(F)cc1)Nc1ccc(-n2cccc2)cc1.O=C(Nc1ccc(F)cc1)Nc1cccc(-c2cnco2)c1. The van der Waals surface area contributed by atoms with Crippen LogP contribution in [-0.4, -0.2) is 44.4 Å². The Labute approximate surface area is 494 Å². The van der Waals surface area contributed by atoms with E-state index in [0.717, 1.165) is 26.5 Å². The molecule has 434 valence electrons. The first-order chi connectivity index (χ1) is 41.6. The molecule has 0 atom stereocenters. The number of Topliss-reactive ketones (excluding diaryl/α,β-unsaturated/α-hetero) is 1. The van der Waals surface area contributed by atoms with Crippen molar-refractivity contribution in [2.24, 2.45) is 0 Å². The van der Waals surface area contributed by atoms with E-state index in [2.05, 4.69) is 52.5 Å². The number of nitrogens with zero attached hydrogens (tertiary/aromatic N) is 3. The number of carbonyl (C=O) groups is 5. The first-order valence-corrected chi connectivity index (χ1v) is 27.0. The molecule has 11 rings (SSSR count). The second-order valence-corrected chi connectivity index (χ2v) is 19.4. The number of amides is 8. The van der Waals surface area contributed by atoms with E-state index in [0.29, 0.717) is 63.2 Å². The van der Waals surface area contributed by atoms with Gasteiger partial charge >= 0.3 is 24.1 Å². The summed E-state index contributed by atoms with van der Waals surface area (Å²) >= 11 is 1.61. The van der Waals surface area contributed by atoms with Crippen molar-refractivity contribution in [3.8, 4) is 17.0 Å². The van der Waals surface area contributed by atoms with Crippen molar-refractivity contribution in [3.63, 3.8) is 0 Å². The molecule has 0 spiro atoms. The number of carbonyl (C=O) groups excluding carboxylic acids is 5. The Morgan fingerprint density at radius 3 is 1.26 bits per heavy atom. The molecule has 17 nitrogen and oxygen atoms in total. The fourth-order valence-electron chi connectivity index (χ4n) is 7.70. The minimum Gasteiger partial charge on any atom is -0.444 e. The van der Waals surface area contributed by atoms with Crippen LogP contribution in [0.2, 0.25) is 0 Å². The van der Waals surface area contributed by atoms with E-state index < -0.39 is 12.1 Å². The van der Waals surface area contributed by atoms with Gasteiger partial charge in [0.25, 0.3) is 0 Å². The van der Waals surface area contributed by atoms with Gasteiger partial charge in [-0.25, -0.2) is 46.7 Å². The Kier molecular flexibility index (Phi) is 21.2. The van der Waals surface area contributed by atoms with E-state index >= 15 is 0 Å². The number of nitrogens with one attached hydrogen (secondary N) is 8. The van der Waals surface area contributed by atoms with E-state index in [-0.39, 0.29) is 41.1 Å². The quantitative estimate of drug-likeness (QED) is 0.0433. The number of anilines is 8. The van der Waals surface area contributed by atoms with Crippen LogP contribution < -0.4 is 42.5 Å². The van der Waals surface area contributed by atoms with Crippen molar-refractivity contribution in [1.29, 1.82) is 0 Å². The second-order valence-electron chi connectivity index (χ2n) is 18.2. The molecule has 0 bridgehead atoms. The van der Waals surface area contributed by atoms with Crippen LogP contribution >= 0.6 is 11.3 Å². The summed E-state index contributed by atoms with van der Waals surface area (Å²) in [5.41, 5.74) is 7.85. The highest BCUT2D eigenvalue weighted by Crippen LogP contribution is 2.26. The summed E-state index contributed by atoms with van der Waals surface area (Å²) in [7, 11) is 0. The molecule has 86 heavy (non-hydrogen) atoms. The highest BCUT2D eigenvalue weighted by atomic mass is 32.1. The van der Waals surface area contributed by atoms with Gasteiger partial charge in [-0.3, -0.25) is 4.79 Å². The van der Waals surface area contributed by atoms with Crippen LogP contribution in [0, 0.1) is 30.2 Å². The number of hydrogen-bond donors (Lipinski definition) is 8. The molecule has 0 radical (unpaired) electrons. The van der Waals surface area contributed by atoms with E-state index in [4.69, 9.17) is 4.42 Å². The zero-order chi connectivity index (χ0) is 60.8. The lowest BCUT2D eigenvalue weighted by molar-refractivity contribution is 0.0988. The van der Waals surface area contributed by atoms with Gasteiger partial charge in [0.05, 0.1) is 21.4 Å². The average molecular weight is 1180 g/mol. The summed E-state index contributed by atoms with van der Waals surface area (Å²) < 4.78 is 59.4. The summed E-state index contributed by atoms with van der Waals surface area (Å²) in [5, 5.41) is 22.2. The van der Waals surface area contributed by atoms with Gasteiger partial charge in [0.2, 0.25) is 0 Å². The van der Waals surface area contributed by atoms with Crippen molar-refractivity contribution < 1.29 is 46.0 Å². The van der Waals surface area contributed by atoms with Crippen molar-refractivity contribution >= 4 is 97.0 Å². The Bertz CT molecular complexity index is 4010. The molecule has 3 aromatic heterocycles. The first-order valence-electron chi connectivity index (χ1n) is 26.2. The molecule has 3 heterocycles. The van der Waals surface area contributed by atoms with Crippen molar-refractivity contribution in [2.75, 3.05) is 42.5 Å². The number of thiazole rings is 1. The highest BCUT2D eigenvalue weighted by molar-refractivity contribution is 7.18. The maximum absolute atomic E-state index is 12.8. The number of benzene rings is 8. The molecule has 0 aliphatic carbocycles. The Balaban J connectivity index is 0.000000149. The molecule has 0 unspecified atom stereocenters. The Hall–Kier alpha value is -11.4. The number of aryl methyl sites for hydroxylation is 1. The Morgan fingerprint density at radius 2 is 0.849 bits per heavy atom. The number of halogens is 4. The van der Waals surface area contributed by atoms with Gasteiger partial charge in [-0.15, -0.1) is 11.3 Å². The molecule has 0 fully saturated rings. The molecular weight excluding hydrogens is 1130 g/mol. The summed E-state index contributed by atoms with van der Waals surface area (Å²) in [6.45, 7) is 3.74. The molecule has 0 aliphatic heterocycles. The number of urea groups is 4. The summed E-state index contributed by atoms with van der Waals surface area (Å²) in [6.07, 6.45) is 7.28. The van der Waals surface area contributed by atoms with Gasteiger partial charge in [0, 0.05) is 81.1 Å². The van der Waals surface area contributed by atoms with Crippen LogP contribution in [-0.2, 0) is 0 Å². The van der Waals surface area contributed by atoms with Gasteiger partial charge in [-0.2, -0.15) is 0 Å². The third-order valence-electron chi connectivity index (χ3n) is 11.8. The van der Waals surface area contributed by atoms with Crippen molar-refractivity contribution in [1.82, 2.24) is 14.5 Å². The van der Waals surface area contributed by atoms with E-state index in [9.17, 15) is 41.5 Å². The maximum atomic E-state index is 12.8. The summed E-state index contributed by atoms with van der Waals surface area (Å²) in [5.74, 6) is -0.736. The van der Waals surface area contributed by atoms with Crippen LogP contribution in [0.3, 0.4) is 0 Å². The number of fused-ring (bicyclic) bond motifs is 1. The van der Waals surface area contributed by atoms with Crippen LogP contribution in [0.25, 0.3) is 27.2 Å². The van der Waals surface area contributed by atoms with Crippen LogP contribution in [0.1, 0.15) is 28.7 Å².